The highest BCUT2D eigenvalue weighted by Gasteiger charge is 2.28. The number of carbonyl (C=O) groups excluding carboxylic acids is 1. The van der Waals surface area contributed by atoms with E-state index in [9.17, 15) is 4.79 Å². The SMILES string of the molecule is Cc1cc(C)c2nc(N3CCC[C@@H](C(=O)N[C@@H](C)CCc4ccccc4)C3)sc2c1. The number of benzene rings is 2. The number of nitrogens with zero attached hydrogens (tertiary/aromatic N) is 2. The minimum absolute atomic E-state index is 0.0350. The summed E-state index contributed by atoms with van der Waals surface area (Å²) in [6.07, 6.45) is 3.94. The topological polar surface area (TPSA) is 45.2 Å². The van der Waals surface area contributed by atoms with Crippen LogP contribution in [0.25, 0.3) is 10.2 Å². The molecule has 1 aromatic heterocycles. The van der Waals surface area contributed by atoms with Crippen LogP contribution in [-0.4, -0.2) is 30.0 Å². The van der Waals surface area contributed by atoms with Gasteiger partial charge >= 0.3 is 0 Å². The van der Waals surface area contributed by atoms with Crippen LogP contribution in [0, 0.1) is 19.8 Å². The Balaban J connectivity index is 1.36. The molecule has 1 N–H and O–H groups in total. The van der Waals surface area contributed by atoms with Gasteiger partial charge in [-0.05, 0) is 69.2 Å². The molecule has 30 heavy (non-hydrogen) atoms. The molecule has 2 atom stereocenters. The van der Waals surface area contributed by atoms with Gasteiger partial charge in [0.05, 0.1) is 16.1 Å². The lowest BCUT2D eigenvalue weighted by atomic mass is 9.96. The molecule has 1 fully saturated rings. The number of hydrogen-bond acceptors (Lipinski definition) is 4. The Kier molecular flexibility index (Phi) is 6.38. The van der Waals surface area contributed by atoms with Gasteiger partial charge in [-0.25, -0.2) is 4.98 Å². The van der Waals surface area contributed by atoms with E-state index in [4.69, 9.17) is 4.98 Å². The first-order valence-electron chi connectivity index (χ1n) is 11.0. The molecule has 0 spiro atoms. The van der Waals surface area contributed by atoms with Crippen LogP contribution in [0.2, 0.25) is 0 Å². The summed E-state index contributed by atoms with van der Waals surface area (Å²) in [5.74, 6) is 0.223. The number of piperidine rings is 1. The monoisotopic (exact) mass is 421 g/mol. The summed E-state index contributed by atoms with van der Waals surface area (Å²) in [5.41, 5.74) is 4.92. The van der Waals surface area contributed by atoms with Crippen LogP contribution in [0.4, 0.5) is 5.13 Å². The zero-order valence-electron chi connectivity index (χ0n) is 18.1. The smallest absolute Gasteiger partial charge is 0.225 e. The van der Waals surface area contributed by atoms with Crippen LogP contribution in [0.3, 0.4) is 0 Å². The van der Waals surface area contributed by atoms with Gasteiger partial charge in [-0.2, -0.15) is 0 Å². The molecule has 1 aliphatic heterocycles. The van der Waals surface area contributed by atoms with Crippen molar-refractivity contribution in [1.29, 1.82) is 0 Å². The van der Waals surface area contributed by atoms with Crippen molar-refractivity contribution in [3.63, 3.8) is 0 Å². The Hall–Kier alpha value is -2.40. The minimum Gasteiger partial charge on any atom is -0.353 e. The third-order valence-electron chi connectivity index (χ3n) is 5.98. The highest BCUT2D eigenvalue weighted by atomic mass is 32.1. The van der Waals surface area contributed by atoms with Crippen molar-refractivity contribution in [1.82, 2.24) is 10.3 Å². The van der Waals surface area contributed by atoms with Gasteiger partial charge in [0, 0.05) is 19.1 Å². The Bertz CT molecular complexity index is 1010. The fourth-order valence-electron chi connectivity index (χ4n) is 4.32. The highest BCUT2D eigenvalue weighted by Crippen LogP contribution is 2.33. The first-order valence-corrected chi connectivity index (χ1v) is 11.8. The summed E-state index contributed by atoms with van der Waals surface area (Å²) >= 11 is 1.75. The van der Waals surface area contributed by atoms with Crippen LogP contribution in [0.5, 0.6) is 0 Å². The predicted octanol–water partition coefficient (Wildman–Crippen LogP) is 5.27. The third-order valence-corrected chi connectivity index (χ3v) is 7.04. The number of fused-ring (bicyclic) bond motifs is 1. The molecule has 2 heterocycles. The third kappa shape index (κ3) is 4.84. The molecule has 158 valence electrons. The normalized spacial score (nSPS) is 17.8. The Labute approximate surface area is 183 Å². The van der Waals surface area contributed by atoms with Crippen molar-refractivity contribution in [2.45, 2.75) is 52.5 Å². The molecule has 0 saturated carbocycles. The van der Waals surface area contributed by atoms with Gasteiger partial charge < -0.3 is 10.2 Å². The number of carbonyl (C=O) groups is 1. The van der Waals surface area contributed by atoms with Crippen molar-refractivity contribution in [3.8, 4) is 0 Å². The van der Waals surface area contributed by atoms with Crippen LogP contribution in [0.1, 0.15) is 42.9 Å². The number of aryl methyl sites for hydroxylation is 3. The second-order valence-corrected chi connectivity index (χ2v) is 9.65. The zero-order valence-corrected chi connectivity index (χ0v) is 19.0. The van der Waals surface area contributed by atoms with Crippen LogP contribution in [0.15, 0.2) is 42.5 Å². The van der Waals surface area contributed by atoms with Crippen LogP contribution >= 0.6 is 11.3 Å². The van der Waals surface area contributed by atoms with Gasteiger partial charge in [0.1, 0.15) is 0 Å². The minimum atomic E-state index is 0.0350. The summed E-state index contributed by atoms with van der Waals surface area (Å²) in [6, 6.07) is 15.1. The lowest BCUT2D eigenvalue weighted by Crippen LogP contribution is -2.45. The van der Waals surface area contributed by atoms with Crippen molar-refractivity contribution in [2.75, 3.05) is 18.0 Å². The molecule has 3 aromatic rings. The number of anilines is 1. The number of nitrogens with one attached hydrogen (secondary N) is 1. The van der Waals surface area contributed by atoms with Gasteiger partial charge in [-0.1, -0.05) is 47.7 Å². The average Bonchev–Trinajstić information content (AvgIpc) is 3.17. The lowest BCUT2D eigenvalue weighted by Gasteiger charge is -2.32. The quantitative estimate of drug-likeness (QED) is 0.590. The van der Waals surface area contributed by atoms with E-state index in [2.05, 4.69) is 67.4 Å². The van der Waals surface area contributed by atoms with E-state index in [-0.39, 0.29) is 17.9 Å². The molecule has 1 saturated heterocycles. The molecule has 5 heteroatoms. The second-order valence-electron chi connectivity index (χ2n) is 8.64. The Morgan fingerprint density at radius 2 is 2.07 bits per heavy atom. The fourth-order valence-corrected chi connectivity index (χ4v) is 5.50. The summed E-state index contributed by atoms with van der Waals surface area (Å²) < 4.78 is 1.24. The summed E-state index contributed by atoms with van der Waals surface area (Å²) in [7, 11) is 0. The van der Waals surface area contributed by atoms with Crippen molar-refractivity contribution in [2.24, 2.45) is 5.92 Å². The molecular weight excluding hydrogens is 390 g/mol. The van der Waals surface area contributed by atoms with Crippen molar-refractivity contribution < 1.29 is 4.79 Å². The molecule has 1 amide bonds. The van der Waals surface area contributed by atoms with E-state index in [0.29, 0.717) is 0 Å². The molecule has 4 nitrogen and oxygen atoms in total. The fraction of sp³-hybridized carbons (Fsp3) is 0.440. The molecule has 0 bridgehead atoms. The number of amides is 1. The number of aromatic nitrogens is 1. The van der Waals surface area contributed by atoms with Crippen molar-refractivity contribution >= 4 is 32.6 Å². The maximum atomic E-state index is 12.9. The second kappa shape index (κ2) is 9.17. The average molecular weight is 422 g/mol. The maximum Gasteiger partial charge on any atom is 0.225 e. The molecule has 4 rings (SSSR count). The van der Waals surface area contributed by atoms with E-state index >= 15 is 0 Å². The van der Waals surface area contributed by atoms with Gasteiger partial charge in [0.25, 0.3) is 0 Å². The molecular formula is C25H31N3OS. The van der Waals surface area contributed by atoms with E-state index in [1.165, 1.54) is 21.4 Å². The molecule has 0 unspecified atom stereocenters. The molecule has 0 aliphatic carbocycles. The first-order chi connectivity index (χ1) is 14.5. The number of rotatable bonds is 6. The molecule has 1 aliphatic rings. The van der Waals surface area contributed by atoms with E-state index in [1.54, 1.807) is 11.3 Å². The van der Waals surface area contributed by atoms with E-state index < -0.39 is 0 Å². The number of hydrogen-bond donors (Lipinski definition) is 1. The number of thiazole rings is 1. The van der Waals surface area contributed by atoms with Gasteiger partial charge in [-0.3, -0.25) is 4.79 Å². The van der Waals surface area contributed by atoms with Gasteiger partial charge in [0.15, 0.2) is 5.13 Å². The lowest BCUT2D eigenvalue weighted by molar-refractivity contribution is -0.125. The van der Waals surface area contributed by atoms with E-state index in [0.717, 1.165) is 49.4 Å². The predicted molar refractivity (Wildman–Crippen MR) is 126 cm³/mol. The van der Waals surface area contributed by atoms with E-state index in [1.807, 2.05) is 6.07 Å². The molecule has 2 aromatic carbocycles. The van der Waals surface area contributed by atoms with Gasteiger partial charge in [-0.15, -0.1) is 0 Å². The highest BCUT2D eigenvalue weighted by molar-refractivity contribution is 7.22. The first kappa shape index (κ1) is 20.9. The molecule has 0 radical (unpaired) electrons. The zero-order chi connectivity index (χ0) is 21.1. The summed E-state index contributed by atoms with van der Waals surface area (Å²) in [5, 5.41) is 4.30. The van der Waals surface area contributed by atoms with Crippen LogP contribution in [-0.2, 0) is 11.2 Å². The standard InChI is InChI=1S/C25H31N3OS/c1-17-14-18(2)23-22(15-17)30-25(27-23)28-13-7-10-21(16-28)24(29)26-19(3)11-12-20-8-5-4-6-9-20/h4-6,8-9,14-15,19,21H,7,10-13,16H2,1-3H3,(H,26,29)/t19-,21+/m0/s1. The van der Waals surface area contributed by atoms with Gasteiger partial charge in [0.2, 0.25) is 5.91 Å². The Morgan fingerprint density at radius 1 is 1.27 bits per heavy atom. The summed E-state index contributed by atoms with van der Waals surface area (Å²) in [4.78, 5) is 20.1. The Morgan fingerprint density at radius 3 is 2.87 bits per heavy atom. The maximum absolute atomic E-state index is 12.9. The summed E-state index contributed by atoms with van der Waals surface area (Å²) in [6.45, 7) is 8.11. The van der Waals surface area contributed by atoms with Crippen molar-refractivity contribution in [3.05, 3.63) is 59.2 Å². The largest absolute Gasteiger partial charge is 0.353 e. The van der Waals surface area contributed by atoms with Crippen LogP contribution < -0.4 is 10.2 Å².